The molecule has 4 rings (SSSR count). The van der Waals surface area contributed by atoms with Gasteiger partial charge < -0.3 is 15.6 Å². The monoisotopic (exact) mass is 467 g/mol. The van der Waals surface area contributed by atoms with Gasteiger partial charge in [0.2, 0.25) is 0 Å². The second kappa shape index (κ2) is 9.30. The van der Waals surface area contributed by atoms with Crippen LogP contribution >= 0.6 is 35.0 Å². The SMILES string of the molecule is CC(Sc1cc(-c2cn(C3CCNCC3)cn2)cnc1N)C1=C(Cl)CCC(F)=C1Cl. The number of nitrogens with one attached hydrogen (secondary N) is 1. The van der Waals surface area contributed by atoms with Gasteiger partial charge in [0.25, 0.3) is 0 Å². The van der Waals surface area contributed by atoms with E-state index < -0.39 is 0 Å². The van der Waals surface area contributed by atoms with Gasteiger partial charge in [0.05, 0.1) is 21.9 Å². The van der Waals surface area contributed by atoms with Gasteiger partial charge in [-0.1, -0.05) is 23.2 Å². The summed E-state index contributed by atoms with van der Waals surface area (Å²) in [6, 6.07) is 2.44. The van der Waals surface area contributed by atoms with Crippen LogP contribution < -0.4 is 11.1 Å². The van der Waals surface area contributed by atoms with Gasteiger partial charge in [-0.25, -0.2) is 14.4 Å². The molecule has 30 heavy (non-hydrogen) atoms. The third kappa shape index (κ3) is 4.54. The van der Waals surface area contributed by atoms with Crippen molar-refractivity contribution in [3.8, 4) is 11.3 Å². The maximum atomic E-state index is 14.0. The van der Waals surface area contributed by atoms with E-state index in [1.165, 1.54) is 11.8 Å². The van der Waals surface area contributed by atoms with Gasteiger partial charge in [0.15, 0.2) is 0 Å². The first kappa shape index (κ1) is 21.7. The van der Waals surface area contributed by atoms with Crippen LogP contribution in [-0.2, 0) is 0 Å². The number of allylic oxidation sites excluding steroid dienone is 3. The average Bonchev–Trinajstić information content (AvgIpc) is 3.24. The lowest BCUT2D eigenvalue weighted by Crippen LogP contribution is -2.28. The molecule has 3 heterocycles. The van der Waals surface area contributed by atoms with Gasteiger partial charge in [0.1, 0.15) is 11.6 Å². The Morgan fingerprint density at radius 2 is 2.03 bits per heavy atom. The summed E-state index contributed by atoms with van der Waals surface area (Å²) in [6.07, 6.45) is 8.58. The van der Waals surface area contributed by atoms with Crippen molar-refractivity contribution in [1.82, 2.24) is 19.9 Å². The van der Waals surface area contributed by atoms with E-state index in [4.69, 9.17) is 28.9 Å². The molecule has 1 aliphatic heterocycles. The fourth-order valence-electron chi connectivity index (χ4n) is 3.86. The first-order chi connectivity index (χ1) is 14.4. The molecule has 2 aliphatic rings. The Bertz CT molecular complexity index is 997. The molecule has 1 atom stereocenters. The minimum Gasteiger partial charge on any atom is -0.383 e. The molecule has 0 amide bonds. The van der Waals surface area contributed by atoms with Crippen LogP contribution in [0.25, 0.3) is 11.3 Å². The summed E-state index contributed by atoms with van der Waals surface area (Å²) in [5, 5.41) is 3.94. The van der Waals surface area contributed by atoms with Crippen LogP contribution in [0, 0.1) is 0 Å². The minimum absolute atomic E-state index is 0.120. The van der Waals surface area contributed by atoms with Crippen LogP contribution in [0.15, 0.2) is 51.1 Å². The highest BCUT2D eigenvalue weighted by atomic mass is 35.5. The van der Waals surface area contributed by atoms with Crippen LogP contribution in [0.4, 0.5) is 10.2 Å². The van der Waals surface area contributed by atoms with E-state index in [-0.39, 0.29) is 22.5 Å². The molecule has 0 bridgehead atoms. The van der Waals surface area contributed by atoms with Gasteiger partial charge in [-0.05, 0) is 45.3 Å². The maximum Gasteiger partial charge on any atom is 0.137 e. The third-order valence-electron chi connectivity index (χ3n) is 5.55. The number of piperidine rings is 1. The Labute approximate surface area is 189 Å². The molecule has 5 nitrogen and oxygen atoms in total. The second-order valence-electron chi connectivity index (χ2n) is 7.59. The zero-order valence-corrected chi connectivity index (χ0v) is 19.0. The Morgan fingerprint density at radius 1 is 1.27 bits per heavy atom. The fourth-order valence-corrected chi connectivity index (χ4v) is 5.89. The molecule has 2 aromatic heterocycles. The normalized spacial score (nSPS) is 19.5. The van der Waals surface area contributed by atoms with Gasteiger partial charge in [-0.15, -0.1) is 11.8 Å². The van der Waals surface area contributed by atoms with E-state index in [1.807, 2.05) is 19.3 Å². The van der Waals surface area contributed by atoms with Crippen LogP contribution in [0.1, 0.15) is 38.6 Å². The van der Waals surface area contributed by atoms with E-state index in [2.05, 4.69) is 26.0 Å². The van der Waals surface area contributed by atoms with E-state index in [0.29, 0.717) is 28.9 Å². The molecule has 1 fully saturated rings. The second-order valence-corrected chi connectivity index (χ2v) is 9.81. The summed E-state index contributed by atoms with van der Waals surface area (Å²) in [4.78, 5) is 9.73. The Hall–Kier alpha value is -1.54. The lowest BCUT2D eigenvalue weighted by Gasteiger charge is -2.23. The molecule has 0 aromatic carbocycles. The van der Waals surface area contributed by atoms with Gasteiger partial charge in [-0.3, -0.25) is 0 Å². The van der Waals surface area contributed by atoms with E-state index in [1.54, 1.807) is 6.20 Å². The molecule has 1 saturated heterocycles. The molecule has 0 spiro atoms. The topological polar surface area (TPSA) is 68.8 Å². The number of thioether (sulfide) groups is 1. The number of pyridine rings is 1. The summed E-state index contributed by atoms with van der Waals surface area (Å²) in [6.45, 7) is 3.99. The van der Waals surface area contributed by atoms with Gasteiger partial charge >= 0.3 is 0 Å². The number of nitrogens with two attached hydrogens (primary N) is 1. The summed E-state index contributed by atoms with van der Waals surface area (Å²) in [5.74, 6) is 0.105. The van der Waals surface area contributed by atoms with Crippen molar-refractivity contribution < 1.29 is 4.39 Å². The lowest BCUT2D eigenvalue weighted by molar-refractivity contribution is 0.368. The number of hydrogen-bond donors (Lipinski definition) is 2. The number of halogens is 3. The summed E-state index contributed by atoms with van der Waals surface area (Å²) >= 11 is 14.1. The molecule has 160 valence electrons. The highest BCUT2D eigenvalue weighted by Crippen LogP contribution is 2.43. The summed E-state index contributed by atoms with van der Waals surface area (Å²) < 4.78 is 16.2. The van der Waals surface area contributed by atoms with Crippen molar-refractivity contribution in [2.24, 2.45) is 0 Å². The first-order valence-electron chi connectivity index (χ1n) is 10.0. The summed E-state index contributed by atoms with van der Waals surface area (Å²) in [5.41, 5.74) is 8.51. The van der Waals surface area contributed by atoms with Gasteiger partial charge in [0, 0.05) is 46.3 Å². The molecule has 2 aromatic rings. The number of aromatic nitrogens is 3. The lowest BCUT2D eigenvalue weighted by atomic mass is 10.0. The van der Waals surface area contributed by atoms with Crippen molar-refractivity contribution in [3.63, 3.8) is 0 Å². The van der Waals surface area contributed by atoms with E-state index >= 15 is 0 Å². The molecule has 1 unspecified atom stereocenters. The number of nitrogen functional groups attached to an aromatic ring is 1. The number of imidazole rings is 1. The molecule has 9 heteroatoms. The molecule has 0 saturated carbocycles. The van der Waals surface area contributed by atoms with Crippen molar-refractivity contribution in [3.05, 3.63) is 46.3 Å². The predicted octanol–water partition coefficient (Wildman–Crippen LogP) is 5.64. The molecule has 0 radical (unpaired) electrons. The van der Waals surface area contributed by atoms with Crippen LogP contribution in [-0.4, -0.2) is 32.9 Å². The van der Waals surface area contributed by atoms with Gasteiger partial charge in [-0.2, -0.15) is 0 Å². The minimum atomic E-state index is -0.313. The Balaban J connectivity index is 1.56. The Kier molecular flexibility index (Phi) is 6.72. The largest absolute Gasteiger partial charge is 0.383 e. The summed E-state index contributed by atoms with van der Waals surface area (Å²) in [7, 11) is 0. The van der Waals surface area contributed by atoms with Crippen LogP contribution in [0.3, 0.4) is 0 Å². The van der Waals surface area contributed by atoms with E-state index in [0.717, 1.165) is 42.1 Å². The zero-order valence-electron chi connectivity index (χ0n) is 16.7. The van der Waals surface area contributed by atoms with Crippen LogP contribution in [0.5, 0.6) is 0 Å². The van der Waals surface area contributed by atoms with Crippen molar-refractivity contribution >= 4 is 40.8 Å². The van der Waals surface area contributed by atoms with Crippen molar-refractivity contribution in [2.45, 2.75) is 48.8 Å². The molecular weight excluding hydrogens is 444 g/mol. The average molecular weight is 468 g/mol. The molecule has 1 aliphatic carbocycles. The Morgan fingerprint density at radius 3 is 2.80 bits per heavy atom. The maximum absolute atomic E-state index is 14.0. The third-order valence-corrected chi connectivity index (χ3v) is 7.52. The molecule has 3 N–H and O–H groups in total. The van der Waals surface area contributed by atoms with Crippen molar-refractivity contribution in [2.75, 3.05) is 18.8 Å². The van der Waals surface area contributed by atoms with Crippen LogP contribution in [0.2, 0.25) is 0 Å². The van der Waals surface area contributed by atoms with E-state index in [9.17, 15) is 4.39 Å². The molecular formula is C21H24Cl2FN5S. The zero-order chi connectivity index (χ0) is 21.3. The number of nitrogens with zero attached hydrogens (tertiary/aromatic N) is 3. The highest BCUT2D eigenvalue weighted by molar-refractivity contribution is 8.00. The number of rotatable bonds is 5. The number of anilines is 1. The van der Waals surface area contributed by atoms with Crippen molar-refractivity contribution in [1.29, 1.82) is 0 Å². The fraction of sp³-hybridized carbons (Fsp3) is 0.429. The first-order valence-corrected chi connectivity index (χ1v) is 11.7. The smallest absolute Gasteiger partial charge is 0.137 e. The highest BCUT2D eigenvalue weighted by Gasteiger charge is 2.25. The quantitative estimate of drug-likeness (QED) is 0.556. The number of hydrogen-bond acceptors (Lipinski definition) is 5. The predicted molar refractivity (Wildman–Crippen MR) is 122 cm³/mol. The standard InChI is InChI=1S/C21H24Cl2FN5S/c1-12(19-15(22)2-3-16(24)20(19)23)30-18-8-13(9-27-21(18)25)17-10-29(11-28-17)14-4-6-26-7-5-14/h8-12,14,26H,2-7H2,1H3,(H2,25,27).